The number of carbonyl (C=O) groups is 1. The van der Waals surface area contributed by atoms with Gasteiger partial charge in [0.2, 0.25) is 0 Å². The summed E-state index contributed by atoms with van der Waals surface area (Å²) in [7, 11) is 0. The van der Waals surface area contributed by atoms with Crippen LogP contribution in [0.5, 0.6) is 0 Å². The fraction of sp³-hybridized carbons (Fsp3) is 0. The number of benzene rings is 1. The fourth-order valence-corrected chi connectivity index (χ4v) is 0.800. The van der Waals surface area contributed by atoms with Crippen molar-refractivity contribution in [3.8, 4) is 0 Å². The summed E-state index contributed by atoms with van der Waals surface area (Å²) in [5.41, 5.74) is 11.5. The van der Waals surface area contributed by atoms with Gasteiger partial charge in [-0.05, 0) is 18.2 Å². The fourth-order valence-electron chi connectivity index (χ4n) is 0.800. The third-order valence-corrected chi connectivity index (χ3v) is 1.22. The quantitative estimate of drug-likeness (QED) is 0.436. The predicted molar refractivity (Wildman–Crippen MR) is 48.0 cm³/mol. The van der Waals surface area contributed by atoms with Crippen LogP contribution in [-0.2, 0) is 0 Å². The summed E-state index contributed by atoms with van der Waals surface area (Å²) in [6.45, 7) is 0. The molecule has 0 fully saturated rings. The second-order valence-corrected chi connectivity index (χ2v) is 2.19. The van der Waals surface area contributed by atoms with Crippen molar-refractivity contribution in [3.05, 3.63) is 23.8 Å². The zero-order valence-corrected chi connectivity index (χ0v) is 9.87. The summed E-state index contributed by atoms with van der Waals surface area (Å²) in [5, 5.41) is 8.52. The molecule has 0 aliphatic carbocycles. The summed E-state index contributed by atoms with van der Waals surface area (Å²) < 4.78 is 0. The Labute approximate surface area is 112 Å². The van der Waals surface area contributed by atoms with Gasteiger partial charge in [0.15, 0.2) is 0 Å². The minimum absolute atomic E-state index is 0. The van der Waals surface area contributed by atoms with Gasteiger partial charge < -0.3 is 16.6 Å². The minimum Gasteiger partial charge on any atom is -0.478 e. The topological polar surface area (TPSA) is 89.3 Å². The van der Waals surface area contributed by atoms with Crippen molar-refractivity contribution < 1.29 is 9.90 Å². The Kier molecular flexibility index (Phi) is 4.80. The van der Waals surface area contributed by atoms with Gasteiger partial charge in [0, 0.05) is 62.8 Å². The number of nitrogen functional groups attached to an aromatic ring is 2. The van der Waals surface area contributed by atoms with Crippen molar-refractivity contribution in [3.63, 3.8) is 0 Å². The molecule has 59 valence electrons. The molecule has 0 aliphatic heterocycles. The Balaban J connectivity index is 0.00000121. The number of carboxylic acids is 1. The average molecular weight is 191 g/mol. The zero-order valence-electron chi connectivity index (χ0n) is 6.74. The standard InChI is InChI=1S/C7H8N2O2.K/c8-5-1-4(7(10)11)2-6(9)3-5;/h1-3H,8-9H2,(H,10,11);. The van der Waals surface area contributed by atoms with Crippen LogP contribution in [-0.4, -0.2) is 62.5 Å². The Morgan fingerprint density at radius 3 is 1.92 bits per heavy atom. The van der Waals surface area contributed by atoms with Gasteiger partial charge in [-0.3, -0.25) is 0 Å². The van der Waals surface area contributed by atoms with Crippen LogP contribution in [0, 0.1) is 0 Å². The molecule has 0 saturated heterocycles. The van der Waals surface area contributed by atoms with Gasteiger partial charge in [0.1, 0.15) is 0 Å². The number of hydrogen-bond acceptors (Lipinski definition) is 3. The largest absolute Gasteiger partial charge is 0.478 e. The van der Waals surface area contributed by atoms with E-state index in [1.165, 1.54) is 18.2 Å². The SMILES string of the molecule is Nc1cc(N)cc(C(=O)O)c1.[K]. The van der Waals surface area contributed by atoms with Crippen LogP contribution in [0.15, 0.2) is 18.2 Å². The molecule has 0 aromatic heterocycles. The molecule has 0 heterocycles. The Bertz CT molecular complexity index is 281. The van der Waals surface area contributed by atoms with Crippen molar-refractivity contribution in [2.24, 2.45) is 0 Å². The molecule has 1 aromatic rings. The van der Waals surface area contributed by atoms with Crippen molar-refractivity contribution in [2.45, 2.75) is 0 Å². The van der Waals surface area contributed by atoms with E-state index >= 15 is 0 Å². The van der Waals surface area contributed by atoms with Crippen LogP contribution in [0.1, 0.15) is 10.4 Å². The monoisotopic (exact) mass is 191 g/mol. The Morgan fingerprint density at radius 2 is 1.58 bits per heavy atom. The van der Waals surface area contributed by atoms with Crippen molar-refractivity contribution in [1.29, 1.82) is 0 Å². The van der Waals surface area contributed by atoms with Crippen LogP contribution in [0.3, 0.4) is 0 Å². The smallest absolute Gasteiger partial charge is 0.335 e. The first-order valence-corrected chi connectivity index (χ1v) is 2.99. The van der Waals surface area contributed by atoms with Gasteiger partial charge in [-0.1, -0.05) is 0 Å². The third-order valence-electron chi connectivity index (χ3n) is 1.22. The van der Waals surface area contributed by atoms with Crippen LogP contribution < -0.4 is 11.5 Å². The average Bonchev–Trinajstić information content (AvgIpc) is 1.85. The summed E-state index contributed by atoms with van der Waals surface area (Å²) >= 11 is 0. The summed E-state index contributed by atoms with van der Waals surface area (Å²) in [6.07, 6.45) is 0. The van der Waals surface area contributed by atoms with Crippen LogP contribution in [0.25, 0.3) is 0 Å². The molecule has 1 radical (unpaired) electrons. The maximum absolute atomic E-state index is 10.4. The number of carboxylic acid groups (broad SMARTS) is 1. The summed E-state index contributed by atoms with van der Waals surface area (Å²) in [4.78, 5) is 10.4. The van der Waals surface area contributed by atoms with Gasteiger partial charge >= 0.3 is 5.97 Å². The number of nitrogens with two attached hydrogens (primary N) is 2. The van der Waals surface area contributed by atoms with Gasteiger partial charge in [-0.2, -0.15) is 0 Å². The predicted octanol–water partition coefficient (Wildman–Crippen LogP) is 0.168. The second kappa shape index (κ2) is 4.83. The maximum Gasteiger partial charge on any atom is 0.335 e. The molecule has 0 spiro atoms. The molecular formula is C7H8KN2O2. The Hall–Kier alpha value is -0.0736. The van der Waals surface area contributed by atoms with E-state index in [4.69, 9.17) is 16.6 Å². The van der Waals surface area contributed by atoms with E-state index in [2.05, 4.69) is 0 Å². The molecule has 0 saturated carbocycles. The molecule has 5 N–H and O–H groups in total. The molecule has 12 heavy (non-hydrogen) atoms. The molecule has 0 amide bonds. The second-order valence-electron chi connectivity index (χ2n) is 2.19. The molecule has 0 unspecified atom stereocenters. The van der Waals surface area contributed by atoms with Gasteiger partial charge in [-0.15, -0.1) is 0 Å². The van der Waals surface area contributed by atoms with Crippen molar-refractivity contribution in [2.75, 3.05) is 11.5 Å². The van der Waals surface area contributed by atoms with E-state index in [-0.39, 0.29) is 56.9 Å². The molecular weight excluding hydrogens is 183 g/mol. The number of anilines is 2. The first-order chi connectivity index (χ1) is 5.09. The minimum atomic E-state index is -1.02. The van der Waals surface area contributed by atoms with Crippen LogP contribution in [0.4, 0.5) is 11.4 Å². The maximum atomic E-state index is 10.4. The van der Waals surface area contributed by atoms with E-state index in [0.29, 0.717) is 11.4 Å². The van der Waals surface area contributed by atoms with Crippen molar-refractivity contribution in [1.82, 2.24) is 0 Å². The normalized spacial score (nSPS) is 8.67. The van der Waals surface area contributed by atoms with Gasteiger partial charge in [-0.25, -0.2) is 4.79 Å². The number of aromatic carboxylic acids is 1. The summed E-state index contributed by atoms with van der Waals surface area (Å²) in [5.74, 6) is -1.02. The first kappa shape index (κ1) is 11.9. The van der Waals surface area contributed by atoms with Crippen molar-refractivity contribution >= 4 is 68.7 Å². The van der Waals surface area contributed by atoms with Crippen LogP contribution >= 0.6 is 0 Å². The zero-order chi connectivity index (χ0) is 8.43. The van der Waals surface area contributed by atoms with E-state index in [9.17, 15) is 4.79 Å². The number of rotatable bonds is 1. The van der Waals surface area contributed by atoms with E-state index in [0.717, 1.165) is 0 Å². The molecule has 1 rings (SSSR count). The molecule has 0 atom stereocenters. The van der Waals surface area contributed by atoms with Gasteiger partial charge in [0.05, 0.1) is 5.56 Å². The third kappa shape index (κ3) is 3.12. The van der Waals surface area contributed by atoms with E-state index < -0.39 is 5.97 Å². The van der Waals surface area contributed by atoms with Crippen LogP contribution in [0.2, 0.25) is 0 Å². The first-order valence-electron chi connectivity index (χ1n) is 2.99. The molecule has 4 nitrogen and oxygen atoms in total. The molecule has 1 aromatic carbocycles. The molecule has 0 aliphatic rings. The molecule has 5 heteroatoms. The molecule has 0 bridgehead atoms. The Morgan fingerprint density at radius 1 is 1.17 bits per heavy atom. The summed E-state index contributed by atoms with van der Waals surface area (Å²) in [6, 6.07) is 4.23. The van der Waals surface area contributed by atoms with E-state index in [1.54, 1.807) is 0 Å². The number of hydrogen-bond donors (Lipinski definition) is 3. The van der Waals surface area contributed by atoms with E-state index in [1.807, 2.05) is 0 Å². The van der Waals surface area contributed by atoms with Gasteiger partial charge in [0.25, 0.3) is 0 Å².